The molecule has 3 rings (SSSR count). The van der Waals surface area contributed by atoms with Gasteiger partial charge in [0.25, 0.3) is 0 Å². The number of nitrogens with one attached hydrogen (secondary N) is 2. The number of piperidine rings is 1. The molecule has 0 spiro atoms. The molecule has 0 aromatic heterocycles. The van der Waals surface area contributed by atoms with Gasteiger partial charge in [-0.15, -0.1) is 0 Å². The zero-order valence-electron chi connectivity index (χ0n) is 17.3. The molecule has 2 saturated heterocycles. The Morgan fingerprint density at radius 1 is 1.16 bits per heavy atom. The van der Waals surface area contributed by atoms with Gasteiger partial charge in [-0.1, -0.05) is 12.1 Å². The van der Waals surface area contributed by atoms with Crippen LogP contribution in [0.1, 0.15) is 56.1 Å². The average molecular weight is 439 g/mol. The minimum atomic E-state index is -4.40. The molecular formula is C22H28F3N3O3. The van der Waals surface area contributed by atoms with E-state index >= 15 is 0 Å². The van der Waals surface area contributed by atoms with Gasteiger partial charge in [0.1, 0.15) is 0 Å². The number of benzene rings is 1. The van der Waals surface area contributed by atoms with Crippen LogP contribution in [-0.4, -0.2) is 41.8 Å². The Morgan fingerprint density at radius 2 is 1.90 bits per heavy atom. The number of carbonyl (C=O) groups excluding carboxylic acids is 3. The Bertz CT molecular complexity index is 805. The summed E-state index contributed by atoms with van der Waals surface area (Å²) in [6.45, 7) is 1.36. The van der Waals surface area contributed by atoms with Gasteiger partial charge in [-0.25, -0.2) is 0 Å². The molecule has 1 aromatic carbocycles. The van der Waals surface area contributed by atoms with Gasteiger partial charge < -0.3 is 15.5 Å². The molecule has 170 valence electrons. The summed E-state index contributed by atoms with van der Waals surface area (Å²) in [7, 11) is 0. The molecule has 0 bridgehead atoms. The van der Waals surface area contributed by atoms with E-state index in [0.29, 0.717) is 56.7 Å². The summed E-state index contributed by atoms with van der Waals surface area (Å²) in [6.07, 6.45) is -0.226. The molecule has 6 nitrogen and oxygen atoms in total. The number of likely N-dealkylation sites (tertiary alicyclic amines) is 1. The van der Waals surface area contributed by atoms with E-state index in [-0.39, 0.29) is 30.3 Å². The van der Waals surface area contributed by atoms with Gasteiger partial charge >= 0.3 is 6.18 Å². The van der Waals surface area contributed by atoms with Gasteiger partial charge in [-0.2, -0.15) is 13.2 Å². The second-order valence-corrected chi connectivity index (χ2v) is 8.34. The molecular weight excluding hydrogens is 411 g/mol. The zero-order chi connectivity index (χ0) is 22.4. The number of carbonyl (C=O) groups is 3. The van der Waals surface area contributed by atoms with E-state index in [4.69, 9.17) is 0 Å². The maximum Gasteiger partial charge on any atom is 0.416 e. The first kappa shape index (κ1) is 23.1. The smallest absolute Gasteiger partial charge is 0.353 e. The SMILES string of the molecule is O=C(CCC1CCN(C(=O)CC2CCC(=O)N2)CC1)NCc1cccc(C(F)(F)F)c1. The molecule has 2 fully saturated rings. The van der Waals surface area contributed by atoms with E-state index in [1.54, 1.807) is 6.07 Å². The standard InChI is InChI=1S/C22H28F3N3O3/c23-22(24,25)17-3-1-2-16(12-17)14-26-19(29)6-4-15-8-10-28(11-9-15)21(31)13-18-5-7-20(30)27-18/h1-3,12,15,18H,4-11,13-14H2,(H,26,29)(H,27,30). The second-order valence-electron chi connectivity index (χ2n) is 8.34. The highest BCUT2D eigenvalue weighted by Gasteiger charge is 2.30. The van der Waals surface area contributed by atoms with Gasteiger partial charge in [0.2, 0.25) is 17.7 Å². The summed E-state index contributed by atoms with van der Waals surface area (Å²) < 4.78 is 38.3. The number of nitrogens with zero attached hydrogens (tertiary/aromatic N) is 1. The fourth-order valence-electron chi connectivity index (χ4n) is 4.12. The summed E-state index contributed by atoms with van der Waals surface area (Å²) in [4.78, 5) is 37.6. The van der Waals surface area contributed by atoms with Crippen LogP contribution in [0.15, 0.2) is 24.3 Å². The van der Waals surface area contributed by atoms with Crippen molar-refractivity contribution in [3.63, 3.8) is 0 Å². The molecule has 0 radical (unpaired) electrons. The van der Waals surface area contributed by atoms with E-state index in [2.05, 4.69) is 10.6 Å². The molecule has 1 atom stereocenters. The predicted octanol–water partition coefficient (Wildman–Crippen LogP) is 3.01. The molecule has 3 amide bonds. The average Bonchev–Trinajstić information content (AvgIpc) is 3.15. The maximum absolute atomic E-state index is 12.8. The maximum atomic E-state index is 12.8. The summed E-state index contributed by atoms with van der Waals surface area (Å²) >= 11 is 0. The quantitative estimate of drug-likeness (QED) is 0.686. The van der Waals surface area contributed by atoms with Crippen molar-refractivity contribution in [2.45, 2.75) is 63.7 Å². The van der Waals surface area contributed by atoms with Crippen LogP contribution in [0.25, 0.3) is 0 Å². The lowest BCUT2D eigenvalue weighted by Gasteiger charge is -2.32. The summed E-state index contributed by atoms with van der Waals surface area (Å²) in [5.41, 5.74) is -0.315. The van der Waals surface area contributed by atoms with Crippen LogP contribution in [0.3, 0.4) is 0 Å². The zero-order valence-corrected chi connectivity index (χ0v) is 17.3. The third-order valence-electron chi connectivity index (χ3n) is 6.00. The fourth-order valence-corrected chi connectivity index (χ4v) is 4.12. The van der Waals surface area contributed by atoms with E-state index in [1.807, 2.05) is 4.90 Å². The van der Waals surface area contributed by atoms with Gasteiger partial charge in [-0.05, 0) is 49.3 Å². The first-order valence-electron chi connectivity index (χ1n) is 10.7. The van der Waals surface area contributed by atoms with Gasteiger partial charge in [-0.3, -0.25) is 14.4 Å². The Labute approximate surface area is 179 Å². The predicted molar refractivity (Wildman–Crippen MR) is 108 cm³/mol. The Kier molecular flexibility index (Phi) is 7.56. The highest BCUT2D eigenvalue weighted by molar-refractivity contribution is 5.82. The third-order valence-corrected chi connectivity index (χ3v) is 6.00. The lowest BCUT2D eigenvalue weighted by atomic mass is 9.91. The molecule has 1 unspecified atom stereocenters. The number of hydrogen-bond acceptors (Lipinski definition) is 3. The fraction of sp³-hybridized carbons (Fsp3) is 0.591. The van der Waals surface area contributed by atoms with E-state index in [9.17, 15) is 27.6 Å². The van der Waals surface area contributed by atoms with E-state index in [0.717, 1.165) is 25.0 Å². The van der Waals surface area contributed by atoms with Crippen LogP contribution >= 0.6 is 0 Å². The number of rotatable bonds is 7. The van der Waals surface area contributed by atoms with Crippen molar-refractivity contribution in [1.82, 2.24) is 15.5 Å². The van der Waals surface area contributed by atoms with Crippen molar-refractivity contribution in [3.8, 4) is 0 Å². The van der Waals surface area contributed by atoms with Gasteiger partial charge in [0, 0.05) is 44.9 Å². The molecule has 2 aliphatic heterocycles. The molecule has 9 heteroatoms. The largest absolute Gasteiger partial charge is 0.416 e. The molecule has 0 saturated carbocycles. The van der Waals surface area contributed by atoms with Crippen molar-refractivity contribution in [2.24, 2.45) is 5.92 Å². The highest BCUT2D eigenvalue weighted by Crippen LogP contribution is 2.29. The molecule has 0 aliphatic carbocycles. The summed E-state index contributed by atoms with van der Waals surface area (Å²) in [6, 6.07) is 4.88. The van der Waals surface area contributed by atoms with Crippen LogP contribution in [-0.2, 0) is 27.1 Å². The lowest BCUT2D eigenvalue weighted by molar-refractivity contribution is -0.137. The Hall–Kier alpha value is -2.58. The molecule has 31 heavy (non-hydrogen) atoms. The van der Waals surface area contributed by atoms with E-state index < -0.39 is 11.7 Å². The van der Waals surface area contributed by atoms with Crippen LogP contribution in [0, 0.1) is 5.92 Å². The second kappa shape index (κ2) is 10.2. The summed E-state index contributed by atoms with van der Waals surface area (Å²) in [5, 5.41) is 5.50. The molecule has 1 aromatic rings. The van der Waals surface area contributed by atoms with Crippen LogP contribution in [0.4, 0.5) is 13.2 Å². The van der Waals surface area contributed by atoms with Crippen molar-refractivity contribution < 1.29 is 27.6 Å². The van der Waals surface area contributed by atoms with E-state index in [1.165, 1.54) is 6.07 Å². The third kappa shape index (κ3) is 6.97. The minimum absolute atomic E-state index is 0.00263. The van der Waals surface area contributed by atoms with Gasteiger partial charge in [0.15, 0.2) is 0 Å². The van der Waals surface area contributed by atoms with Crippen LogP contribution in [0.2, 0.25) is 0 Å². The Morgan fingerprint density at radius 3 is 2.55 bits per heavy atom. The monoisotopic (exact) mass is 439 g/mol. The van der Waals surface area contributed by atoms with Crippen molar-refractivity contribution in [1.29, 1.82) is 0 Å². The summed E-state index contributed by atoms with van der Waals surface area (Å²) in [5.74, 6) is 0.217. The number of alkyl halides is 3. The molecule has 2 N–H and O–H groups in total. The topological polar surface area (TPSA) is 78.5 Å². The minimum Gasteiger partial charge on any atom is -0.353 e. The van der Waals surface area contributed by atoms with Crippen molar-refractivity contribution in [2.75, 3.05) is 13.1 Å². The number of halogens is 3. The first-order valence-corrected chi connectivity index (χ1v) is 10.7. The first-order chi connectivity index (χ1) is 14.7. The molecule has 2 aliphatic rings. The lowest BCUT2D eigenvalue weighted by Crippen LogP contribution is -2.41. The van der Waals surface area contributed by atoms with Crippen LogP contribution < -0.4 is 10.6 Å². The number of amides is 3. The van der Waals surface area contributed by atoms with Gasteiger partial charge in [0.05, 0.1) is 5.56 Å². The van der Waals surface area contributed by atoms with Crippen LogP contribution in [0.5, 0.6) is 0 Å². The van der Waals surface area contributed by atoms with Crippen molar-refractivity contribution in [3.05, 3.63) is 35.4 Å². The highest BCUT2D eigenvalue weighted by atomic mass is 19.4. The normalized spacial score (nSPS) is 19.9. The molecule has 2 heterocycles. The number of hydrogen-bond donors (Lipinski definition) is 2. The van der Waals surface area contributed by atoms with Crippen molar-refractivity contribution >= 4 is 17.7 Å². The Balaban J connectivity index is 1.33.